The van der Waals surface area contributed by atoms with Crippen LogP contribution in [0, 0.1) is 11.3 Å². The van der Waals surface area contributed by atoms with E-state index in [1.807, 2.05) is 39.1 Å². The summed E-state index contributed by atoms with van der Waals surface area (Å²) in [5, 5.41) is 14.4. The van der Waals surface area contributed by atoms with Crippen LogP contribution in [0.1, 0.15) is 40.3 Å². The molecule has 2 aromatic heterocycles. The summed E-state index contributed by atoms with van der Waals surface area (Å²) in [4.78, 5) is 20.5. The van der Waals surface area contributed by atoms with Crippen molar-refractivity contribution in [3.8, 4) is 6.07 Å². The van der Waals surface area contributed by atoms with Crippen LogP contribution in [-0.4, -0.2) is 46.8 Å². The van der Waals surface area contributed by atoms with Crippen LogP contribution in [0.4, 0.5) is 5.13 Å². The predicted octanol–water partition coefficient (Wildman–Crippen LogP) is 3.02. The van der Waals surface area contributed by atoms with Gasteiger partial charge in [-0.2, -0.15) is 5.26 Å². The number of aromatic nitrogens is 2. The Kier molecular flexibility index (Phi) is 4.76. The van der Waals surface area contributed by atoms with Crippen LogP contribution in [0.3, 0.4) is 0 Å². The number of fused-ring (bicyclic) bond motifs is 2. The number of nitrogens with one attached hydrogen (secondary N) is 1. The van der Waals surface area contributed by atoms with Crippen LogP contribution in [0.25, 0.3) is 10.9 Å². The molecule has 1 atom stereocenters. The Labute approximate surface area is 185 Å². The lowest BCUT2D eigenvalue weighted by Crippen LogP contribution is -2.48. The lowest BCUT2D eigenvalue weighted by atomic mass is 9.94. The number of ether oxygens (including phenoxy) is 1. The Morgan fingerprint density at radius 3 is 3.06 bits per heavy atom. The molecule has 3 aromatic rings. The standard InChI is InChI=1S/C23H25N5O2S/c1-23(2)10-18-20(21(29)26-23)31-22(25-18)28-6-7-30-13-16(28)9-15-12-27(3)19-5-4-14(11-24)8-17(15)19/h4-5,8,12,16H,6-7,9-10,13H2,1-3H3,(H,26,29)/t16-/m0/s1. The first-order valence-corrected chi connectivity index (χ1v) is 11.3. The molecule has 0 radical (unpaired) electrons. The first kappa shape index (κ1) is 20.0. The fraction of sp³-hybridized carbons (Fsp3) is 0.435. The molecule has 4 heterocycles. The van der Waals surface area contributed by atoms with E-state index in [2.05, 4.69) is 27.0 Å². The van der Waals surface area contributed by atoms with Gasteiger partial charge in [-0.05, 0) is 44.0 Å². The van der Waals surface area contributed by atoms with Gasteiger partial charge in [-0.3, -0.25) is 4.79 Å². The van der Waals surface area contributed by atoms with Crippen molar-refractivity contribution in [2.75, 3.05) is 24.7 Å². The number of nitriles is 1. The first-order chi connectivity index (χ1) is 14.8. The van der Waals surface area contributed by atoms with Crippen LogP contribution in [0.2, 0.25) is 0 Å². The summed E-state index contributed by atoms with van der Waals surface area (Å²) in [6, 6.07) is 8.18. The van der Waals surface area contributed by atoms with Crippen molar-refractivity contribution in [3.05, 3.63) is 46.1 Å². The highest BCUT2D eigenvalue weighted by atomic mass is 32.1. The van der Waals surface area contributed by atoms with E-state index in [9.17, 15) is 10.1 Å². The molecule has 0 spiro atoms. The lowest BCUT2D eigenvalue weighted by molar-refractivity contribution is 0.0900. The van der Waals surface area contributed by atoms with Crippen molar-refractivity contribution >= 4 is 33.3 Å². The Morgan fingerprint density at radius 1 is 1.42 bits per heavy atom. The predicted molar refractivity (Wildman–Crippen MR) is 121 cm³/mol. The maximum Gasteiger partial charge on any atom is 0.263 e. The molecule has 0 saturated carbocycles. The van der Waals surface area contributed by atoms with E-state index >= 15 is 0 Å². The zero-order valence-electron chi connectivity index (χ0n) is 17.9. The fourth-order valence-corrected chi connectivity index (χ4v) is 5.70. The second-order valence-corrected chi connectivity index (χ2v) is 10.00. The fourth-order valence-electron chi connectivity index (χ4n) is 4.62. The number of benzene rings is 1. The summed E-state index contributed by atoms with van der Waals surface area (Å²) in [5.41, 5.74) is 3.58. The summed E-state index contributed by atoms with van der Waals surface area (Å²) in [5.74, 6) is -0.0297. The number of thiazole rings is 1. The van der Waals surface area contributed by atoms with E-state index in [4.69, 9.17) is 9.72 Å². The van der Waals surface area contributed by atoms with E-state index in [0.29, 0.717) is 18.8 Å². The molecule has 1 saturated heterocycles. The molecule has 0 unspecified atom stereocenters. The number of rotatable bonds is 3. The molecule has 0 aliphatic carbocycles. The number of hydrogen-bond acceptors (Lipinski definition) is 6. The minimum atomic E-state index is -0.277. The van der Waals surface area contributed by atoms with Gasteiger partial charge in [-0.25, -0.2) is 4.98 Å². The highest BCUT2D eigenvalue weighted by molar-refractivity contribution is 7.17. The zero-order chi connectivity index (χ0) is 21.8. The third-order valence-electron chi connectivity index (χ3n) is 6.08. The quantitative estimate of drug-likeness (QED) is 0.684. The van der Waals surface area contributed by atoms with Crippen molar-refractivity contribution in [2.24, 2.45) is 7.05 Å². The number of aryl methyl sites for hydroxylation is 1. The van der Waals surface area contributed by atoms with Gasteiger partial charge in [0, 0.05) is 42.7 Å². The van der Waals surface area contributed by atoms with Gasteiger partial charge >= 0.3 is 0 Å². The molecule has 160 valence electrons. The number of hydrogen-bond donors (Lipinski definition) is 1. The smallest absolute Gasteiger partial charge is 0.263 e. The molecule has 7 nitrogen and oxygen atoms in total. The van der Waals surface area contributed by atoms with E-state index in [-0.39, 0.29) is 17.5 Å². The van der Waals surface area contributed by atoms with Gasteiger partial charge in [0.25, 0.3) is 5.91 Å². The molecule has 2 aliphatic heterocycles. The number of carbonyl (C=O) groups is 1. The molecule has 1 aromatic carbocycles. The molecule has 31 heavy (non-hydrogen) atoms. The van der Waals surface area contributed by atoms with Gasteiger partial charge in [-0.1, -0.05) is 11.3 Å². The summed E-state index contributed by atoms with van der Waals surface area (Å²) in [6.45, 7) is 6.06. The van der Waals surface area contributed by atoms with Crippen molar-refractivity contribution in [2.45, 2.75) is 38.3 Å². The van der Waals surface area contributed by atoms with Crippen LogP contribution >= 0.6 is 11.3 Å². The SMILES string of the molecule is Cn1cc(C[C@H]2COCCN2c2nc3c(s2)C(=O)NC(C)(C)C3)c2cc(C#N)ccc21. The molecule has 8 heteroatoms. The summed E-state index contributed by atoms with van der Waals surface area (Å²) in [6.07, 6.45) is 3.66. The number of anilines is 1. The van der Waals surface area contributed by atoms with Crippen molar-refractivity contribution in [1.82, 2.24) is 14.9 Å². The summed E-state index contributed by atoms with van der Waals surface area (Å²) >= 11 is 1.48. The van der Waals surface area contributed by atoms with Gasteiger partial charge in [0.05, 0.1) is 36.6 Å². The summed E-state index contributed by atoms with van der Waals surface area (Å²) in [7, 11) is 2.03. The first-order valence-electron chi connectivity index (χ1n) is 10.5. The van der Waals surface area contributed by atoms with Gasteiger partial charge in [0.15, 0.2) is 5.13 Å². The lowest BCUT2D eigenvalue weighted by Gasteiger charge is -2.35. The summed E-state index contributed by atoms with van der Waals surface area (Å²) < 4.78 is 7.93. The van der Waals surface area contributed by atoms with Gasteiger partial charge < -0.3 is 19.5 Å². The zero-order valence-corrected chi connectivity index (χ0v) is 18.8. The largest absolute Gasteiger partial charge is 0.377 e. The maximum atomic E-state index is 12.6. The molecule has 1 amide bonds. The normalized spacial score (nSPS) is 20.4. The second-order valence-electron chi connectivity index (χ2n) is 9.02. The van der Waals surface area contributed by atoms with Gasteiger partial charge in [0.2, 0.25) is 0 Å². The Morgan fingerprint density at radius 2 is 2.26 bits per heavy atom. The highest BCUT2D eigenvalue weighted by Crippen LogP contribution is 2.34. The number of amides is 1. The van der Waals surface area contributed by atoms with Gasteiger partial charge in [-0.15, -0.1) is 0 Å². The second kappa shape index (κ2) is 7.36. The average molecular weight is 436 g/mol. The molecule has 2 aliphatic rings. The Balaban J connectivity index is 1.47. The molecular formula is C23H25N5O2S. The van der Waals surface area contributed by atoms with Crippen LogP contribution in [0.15, 0.2) is 24.4 Å². The third-order valence-corrected chi connectivity index (χ3v) is 7.22. The van der Waals surface area contributed by atoms with E-state index < -0.39 is 0 Å². The maximum absolute atomic E-state index is 12.6. The Bertz CT molecular complexity index is 1220. The monoisotopic (exact) mass is 435 g/mol. The molecule has 1 N–H and O–H groups in total. The number of nitrogens with zero attached hydrogens (tertiary/aromatic N) is 4. The van der Waals surface area contributed by atoms with Crippen molar-refractivity contribution in [3.63, 3.8) is 0 Å². The van der Waals surface area contributed by atoms with Crippen molar-refractivity contribution < 1.29 is 9.53 Å². The molecule has 0 bridgehead atoms. The third kappa shape index (κ3) is 3.58. The molecule has 1 fully saturated rings. The number of carbonyl (C=O) groups excluding carboxylic acids is 1. The van der Waals surface area contributed by atoms with E-state index in [1.54, 1.807) is 0 Å². The Hall–Kier alpha value is -2.89. The highest BCUT2D eigenvalue weighted by Gasteiger charge is 2.35. The number of morpholine rings is 1. The minimum Gasteiger partial charge on any atom is -0.377 e. The van der Waals surface area contributed by atoms with Crippen molar-refractivity contribution in [1.29, 1.82) is 5.26 Å². The van der Waals surface area contributed by atoms with Crippen LogP contribution in [0.5, 0.6) is 0 Å². The van der Waals surface area contributed by atoms with Gasteiger partial charge in [0.1, 0.15) is 4.88 Å². The molecule has 5 rings (SSSR count). The minimum absolute atomic E-state index is 0.0297. The average Bonchev–Trinajstić information content (AvgIpc) is 3.28. The van der Waals surface area contributed by atoms with Crippen LogP contribution in [-0.2, 0) is 24.6 Å². The van der Waals surface area contributed by atoms with E-state index in [1.165, 1.54) is 16.9 Å². The molecular weight excluding hydrogens is 410 g/mol. The van der Waals surface area contributed by atoms with Crippen LogP contribution < -0.4 is 10.2 Å². The van der Waals surface area contributed by atoms with E-state index in [0.717, 1.165) is 46.0 Å². The topological polar surface area (TPSA) is 83.2 Å².